The van der Waals surface area contributed by atoms with Crippen LogP contribution in [-0.4, -0.2) is 6.61 Å². The average molecular weight is 189 g/mol. The third-order valence-electron chi connectivity index (χ3n) is 1.64. The fraction of sp³-hybridized carbons (Fsp3) is 0.250. The highest BCUT2D eigenvalue weighted by molar-refractivity contribution is 6.35. The van der Waals surface area contributed by atoms with Gasteiger partial charge in [0.2, 0.25) is 0 Å². The van der Waals surface area contributed by atoms with Crippen LogP contribution in [0, 0.1) is 0 Å². The molecule has 58 valence electrons. The summed E-state index contributed by atoms with van der Waals surface area (Å²) in [6.45, 7) is 0.779. The normalized spacial score (nSPS) is 21.8. The lowest BCUT2D eigenvalue weighted by Crippen LogP contribution is -1.81. The molecule has 0 spiro atoms. The van der Waals surface area contributed by atoms with Crippen LogP contribution >= 0.6 is 23.2 Å². The van der Waals surface area contributed by atoms with Crippen molar-refractivity contribution < 1.29 is 4.74 Å². The van der Waals surface area contributed by atoms with Crippen LogP contribution in [0.2, 0.25) is 10.0 Å². The summed E-state index contributed by atoms with van der Waals surface area (Å²) in [5, 5.41) is 1.36. The van der Waals surface area contributed by atoms with Crippen molar-refractivity contribution in [3.8, 4) is 0 Å². The van der Waals surface area contributed by atoms with Gasteiger partial charge in [-0.1, -0.05) is 29.3 Å². The minimum absolute atomic E-state index is 0.208. The maximum absolute atomic E-state index is 5.90. The van der Waals surface area contributed by atoms with E-state index in [9.17, 15) is 0 Å². The molecule has 1 aliphatic heterocycles. The Morgan fingerprint density at radius 2 is 2.09 bits per heavy atom. The molecule has 1 aromatic rings. The topological polar surface area (TPSA) is 12.5 Å². The van der Waals surface area contributed by atoms with E-state index in [4.69, 9.17) is 27.9 Å². The summed E-state index contributed by atoms with van der Waals surface area (Å²) in [7, 11) is 0. The first-order valence-corrected chi connectivity index (χ1v) is 4.09. The Morgan fingerprint density at radius 3 is 2.64 bits per heavy atom. The second-order valence-corrected chi connectivity index (χ2v) is 3.33. The molecule has 1 aromatic carbocycles. The summed E-state index contributed by atoms with van der Waals surface area (Å²) in [6.07, 6.45) is 0.208. The van der Waals surface area contributed by atoms with Crippen molar-refractivity contribution in [3.63, 3.8) is 0 Å². The van der Waals surface area contributed by atoms with Gasteiger partial charge in [0.25, 0.3) is 0 Å². The first-order chi connectivity index (χ1) is 5.27. The standard InChI is InChI=1S/C8H6Cl2O/c9-5-1-2-6(7(10)3-5)8-4-11-8/h1-3,8H,4H2/t8-/m0/s1. The number of rotatable bonds is 1. The van der Waals surface area contributed by atoms with E-state index in [2.05, 4.69) is 0 Å². The number of halogens is 2. The summed E-state index contributed by atoms with van der Waals surface area (Å²) in [6, 6.07) is 5.47. The van der Waals surface area contributed by atoms with Crippen molar-refractivity contribution in [2.24, 2.45) is 0 Å². The maximum atomic E-state index is 5.90. The summed E-state index contributed by atoms with van der Waals surface area (Å²) in [4.78, 5) is 0. The van der Waals surface area contributed by atoms with E-state index in [1.807, 2.05) is 12.1 Å². The number of hydrogen-bond donors (Lipinski definition) is 0. The monoisotopic (exact) mass is 188 g/mol. The molecule has 1 heterocycles. The highest BCUT2D eigenvalue weighted by atomic mass is 35.5. The molecule has 0 amide bonds. The van der Waals surface area contributed by atoms with Crippen molar-refractivity contribution in [1.29, 1.82) is 0 Å². The molecule has 1 aliphatic rings. The summed E-state index contributed by atoms with van der Waals surface area (Å²) >= 11 is 11.6. The van der Waals surface area contributed by atoms with Crippen LogP contribution in [0.1, 0.15) is 11.7 Å². The quantitative estimate of drug-likeness (QED) is 0.618. The highest BCUT2D eigenvalue weighted by Gasteiger charge is 2.26. The van der Waals surface area contributed by atoms with Gasteiger partial charge in [0.15, 0.2) is 0 Å². The van der Waals surface area contributed by atoms with Crippen LogP contribution in [0.25, 0.3) is 0 Å². The van der Waals surface area contributed by atoms with Gasteiger partial charge in [-0.2, -0.15) is 0 Å². The van der Waals surface area contributed by atoms with Gasteiger partial charge in [0.05, 0.1) is 6.61 Å². The van der Waals surface area contributed by atoms with E-state index in [1.54, 1.807) is 6.07 Å². The first kappa shape index (κ1) is 7.41. The SMILES string of the molecule is Clc1ccc([C@@H]2CO2)c(Cl)c1. The minimum atomic E-state index is 0.208. The molecule has 2 rings (SSSR count). The lowest BCUT2D eigenvalue weighted by molar-refractivity contribution is 0.416. The predicted octanol–water partition coefficient (Wildman–Crippen LogP) is 3.06. The highest BCUT2D eigenvalue weighted by Crippen LogP contribution is 2.35. The minimum Gasteiger partial charge on any atom is -0.368 e. The first-order valence-electron chi connectivity index (χ1n) is 3.34. The number of ether oxygens (including phenoxy) is 1. The van der Waals surface area contributed by atoms with Gasteiger partial charge >= 0.3 is 0 Å². The molecule has 1 atom stereocenters. The molecule has 1 nitrogen and oxygen atoms in total. The van der Waals surface area contributed by atoms with E-state index in [0.717, 1.165) is 12.2 Å². The van der Waals surface area contributed by atoms with Gasteiger partial charge in [0.1, 0.15) is 6.10 Å². The Morgan fingerprint density at radius 1 is 1.36 bits per heavy atom. The van der Waals surface area contributed by atoms with Crippen molar-refractivity contribution in [3.05, 3.63) is 33.8 Å². The third-order valence-corrected chi connectivity index (χ3v) is 2.21. The number of hydrogen-bond acceptors (Lipinski definition) is 1. The van der Waals surface area contributed by atoms with Crippen LogP contribution < -0.4 is 0 Å². The van der Waals surface area contributed by atoms with Crippen molar-refractivity contribution in [1.82, 2.24) is 0 Å². The van der Waals surface area contributed by atoms with Crippen LogP contribution in [0.4, 0.5) is 0 Å². The Bertz CT molecular complexity index is 281. The molecule has 0 radical (unpaired) electrons. The average Bonchev–Trinajstić information content (AvgIpc) is 2.70. The second kappa shape index (κ2) is 2.67. The molecule has 0 saturated carbocycles. The molecule has 3 heteroatoms. The zero-order valence-corrected chi connectivity index (χ0v) is 7.19. The largest absolute Gasteiger partial charge is 0.368 e. The molecule has 0 N–H and O–H groups in total. The van der Waals surface area contributed by atoms with Gasteiger partial charge in [-0.3, -0.25) is 0 Å². The predicted molar refractivity (Wildman–Crippen MR) is 45.2 cm³/mol. The van der Waals surface area contributed by atoms with Gasteiger partial charge in [-0.25, -0.2) is 0 Å². The Balaban J connectivity index is 2.39. The lowest BCUT2D eigenvalue weighted by atomic mass is 10.2. The van der Waals surface area contributed by atoms with E-state index < -0.39 is 0 Å². The van der Waals surface area contributed by atoms with Gasteiger partial charge in [-0.05, 0) is 12.1 Å². The molecule has 0 unspecified atom stereocenters. The number of epoxide rings is 1. The molecule has 1 fully saturated rings. The van der Waals surface area contributed by atoms with Gasteiger partial charge in [-0.15, -0.1) is 0 Å². The Hall–Kier alpha value is -0.240. The molecule has 1 saturated heterocycles. The van der Waals surface area contributed by atoms with Crippen molar-refractivity contribution in [2.45, 2.75) is 6.10 Å². The second-order valence-electron chi connectivity index (χ2n) is 2.49. The molecule has 11 heavy (non-hydrogen) atoms. The van der Waals surface area contributed by atoms with E-state index >= 15 is 0 Å². The van der Waals surface area contributed by atoms with E-state index in [-0.39, 0.29) is 6.10 Å². The van der Waals surface area contributed by atoms with Crippen LogP contribution in [0.15, 0.2) is 18.2 Å². The fourth-order valence-electron chi connectivity index (χ4n) is 0.990. The van der Waals surface area contributed by atoms with Gasteiger partial charge < -0.3 is 4.74 Å². The number of benzene rings is 1. The van der Waals surface area contributed by atoms with E-state index in [0.29, 0.717) is 10.0 Å². The third kappa shape index (κ3) is 1.51. The van der Waals surface area contributed by atoms with Crippen LogP contribution in [-0.2, 0) is 4.74 Å². The lowest BCUT2D eigenvalue weighted by Gasteiger charge is -1.98. The zero-order chi connectivity index (χ0) is 7.84. The molecular formula is C8H6Cl2O. The van der Waals surface area contributed by atoms with E-state index in [1.165, 1.54) is 0 Å². The molecule has 0 aliphatic carbocycles. The Labute approximate surface area is 74.9 Å². The van der Waals surface area contributed by atoms with Crippen LogP contribution in [0.5, 0.6) is 0 Å². The summed E-state index contributed by atoms with van der Waals surface area (Å²) in [5.74, 6) is 0. The molecule has 0 aromatic heterocycles. The Kier molecular flexibility index (Phi) is 1.80. The maximum Gasteiger partial charge on any atom is 0.107 e. The smallest absolute Gasteiger partial charge is 0.107 e. The molecular weight excluding hydrogens is 183 g/mol. The zero-order valence-electron chi connectivity index (χ0n) is 5.68. The van der Waals surface area contributed by atoms with Crippen molar-refractivity contribution >= 4 is 23.2 Å². The molecule has 0 bridgehead atoms. The summed E-state index contributed by atoms with van der Waals surface area (Å²) < 4.78 is 5.09. The summed E-state index contributed by atoms with van der Waals surface area (Å²) in [5.41, 5.74) is 1.04. The fourth-order valence-corrected chi connectivity index (χ4v) is 1.52. The van der Waals surface area contributed by atoms with Gasteiger partial charge in [0, 0.05) is 15.6 Å². The van der Waals surface area contributed by atoms with Crippen molar-refractivity contribution in [2.75, 3.05) is 6.61 Å². The van der Waals surface area contributed by atoms with Crippen LogP contribution in [0.3, 0.4) is 0 Å².